The van der Waals surface area contributed by atoms with E-state index in [4.69, 9.17) is 5.11 Å². The van der Waals surface area contributed by atoms with Gasteiger partial charge in [-0.05, 0) is 12.5 Å². The number of hydrogen-bond donors (Lipinski definition) is 2. The monoisotopic (exact) mass is 131 g/mol. The molecule has 2 heteroatoms. The number of hydrogen-bond acceptors (Lipinski definition) is 2. The molecule has 0 amide bonds. The van der Waals surface area contributed by atoms with Gasteiger partial charge in [-0.1, -0.05) is 20.8 Å². The van der Waals surface area contributed by atoms with Crippen LogP contribution in [0.5, 0.6) is 0 Å². The van der Waals surface area contributed by atoms with Gasteiger partial charge >= 0.3 is 0 Å². The van der Waals surface area contributed by atoms with E-state index in [-0.39, 0.29) is 18.1 Å². The minimum atomic E-state index is 0.156. The third-order valence-electron chi connectivity index (χ3n) is 1.58. The van der Waals surface area contributed by atoms with Crippen molar-refractivity contribution < 1.29 is 5.11 Å². The second kappa shape index (κ2) is 3.18. The number of likely N-dealkylation sites (N-methyl/N-ethyl adjacent to an activating group) is 1. The Kier molecular flexibility index (Phi) is 3.15. The van der Waals surface area contributed by atoms with E-state index >= 15 is 0 Å². The summed E-state index contributed by atoms with van der Waals surface area (Å²) in [6, 6.07) is 0.206. The summed E-state index contributed by atoms with van der Waals surface area (Å²) in [5, 5.41) is 11.8. The molecule has 1 atom stereocenters. The summed E-state index contributed by atoms with van der Waals surface area (Å²) in [5.74, 6) is 0. The Bertz CT molecular complexity index is 71.5. The van der Waals surface area contributed by atoms with Gasteiger partial charge in [0.15, 0.2) is 0 Å². The van der Waals surface area contributed by atoms with Crippen LogP contribution in [-0.4, -0.2) is 24.8 Å². The van der Waals surface area contributed by atoms with E-state index < -0.39 is 0 Å². The lowest BCUT2D eigenvalue weighted by molar-refractivity contribution is 0.166. The van der Waals surface area contributed by atoms with E-state index in [9.17, 15) is 0 Å². The van der Waals surface area contributed by atoms with Crippen LogP contribution in [0, 0.1) is 5.41 Å². The lowest BCUT2D eigenvalue weighted by atomic mass is 9.87. The fourth-order valence-electron chi connectivity index (χ4n) is 0.798. The van der Waals surface area contributed by atoms with E-state index in [1.54, 1.807) is 0 Å². The van der Waals surface area contributed by atoms with Crippen LogP contribution < -0.4 is 5.32 Å². The third kappa shape index (κ3) is 2.82. The minimum absolute atomic E-state index is 0.156. The Morgan fingerprint density at radius 1 is 1.44 bits per heavy atom. The van der Waals surface area contributed by atoms with Crippen LogP contribution >= 0.6 is 0 Å². The lowest BCUT2D eigenvalue weighted by Crippen LogP contribution is -2.40. The molecule has 0 heterocycles. The van der Waals surface area contributed by atoms with E-state index in [0.717, 1.165) is 0 Å². The van der Waals surface area contributed by atoms with Crippen molar-refractivity contribution in [1.82, 2.24) is 5.32 Å². The molecule has 2 nitrogen and oxygen atoms in total. The molecule has 0 saturated heterocycles. The number of rotatable bonds is 2. The molecule has 0 fully saturated rings. The molecule has 56 valence electrons. The third-order valence-corrected chi connectivity index (χ3v) is 1.58. The Morgan fingerprint density at radius 3 is 1.89 bits per heavy atom. The van der Waals surface area contributed by atoms with Gasteiger partial charge in [-0.3, -0.25) is 0 Å². The summed E-state index contributed by atoms with van der Waals surface area (Å²) in [4.78, 5) is 0. The normalized spacial score (nSPS) is 15.7. The molecule has 0 saturated carbocycles. The van der Waals surface area contributed by atoms with Crippen LogP contribution in [0.15, 0.2) is 0 Å². The highest BCUT2D eigenvalue weighted by Crippen LogP contribution is 2.17. The van der Waals surface area contributed by atoms with Gasteiger partial charge in [-0.15, -0.1) is 0 Å². The highest BCUT2D eigenvalue weighted by molar-refractivity contribution is 4.77. The molecule has 0 aliphatic heterocycles. The predicted octanol–water partition coefficient (Wildman–Crippen LogP) is 0.613. The zero-order valence-corrected chi connectivity index (χ0v) is 6.73. The minimum Gasteiger partial charge on any atom is -0.395 e. The standard InChI is InChI=1S/C7H17NO/c1-7(2,3)6(5-9)8-4/h6,8-9H,5H2,1-4H3. The summed E-state index contributed by atoms with van der Waals surface area (Å²) in [7, 11) is 1.87. The highest BCUT2D eigenvalue weighted by atomic mass is 16.3. The van der Waals surface area contributed by atoms with Gasteiger partial charge in [0.1, 0.15) is 0 Å². The van der Waals surface area contributed by atoms with Crippen molar-refractivity contribution in [1.29, 1.82) is 0 Å². The Labute approximate surface area is 57.3 Å². The van der Waals surface area contributed by atoms with Crippen molar-refractivity contribution in [3.8, 4) is 0 Å². The molecule has 0 spiro atoms. The SMILES string of the molecule is CNC(CO)C(C)(C)C. The molecule has 0 rings (SSSR count). The van der Waals surface area contributed by atoms with E-state index in [0.29, 0.717) is 0 Å². The maximum atomic E-state index is 8.80. The first-order valence-corrected chi connectivity index (χ1v) is 3.30. The molecule has 0 aliphatic rings. The van der Waals surface area contributed by atoms with Crippen LogP contribution in [0.2, 0.25) is 0 Å². The van der Waals surface area contributed by atoms with Crippen molar-refractivity contribution >= 4 is 0 Å². The van der Waals surface area contributed by atoms with Crippen LogP contribution in [0.3, 0.4) is 0 Å². The summed E-state index contributed by atoms with van der Waals surface area (Å²) in [5.41, 5.74) is 0.156. The maximum absolute atomic E-state index is 8.80. The second-order valence-electron chi connectivity index (χ2n) is 3.39. The molecule has 9 heavy (non-hydrogen) atoms. The zero-order chi connectivity index (χ0) is 7.49. The molecular formula is C7H17NO. The smallest absolute Gasteiger partial charge is 0.0589 e. The summed E-state index contributed by atoms with van der Waals surface area (Å²) in [6.45, 7) is 6.51. The molecule has 0 radical (unpaired) electrons. The number of nitrogens with one attached hydrogen (secondary N) is 1. The Hall–Kier alpha value is -0.0800. The topological polar surface area (TPSA) is 32.3 Å². The molecule has 0 aromatic heterocycles. The van der Waals surface area contributed by atoms with E-state index in [1.807, 2.05) is 7.05 Å². The van der Waals surface area contributed by atoms with Crippen LogP contribution in [0.1, 0.15) is 20.8 Å². The van der Waals surface area contributed by atoms with Gasteiger partial charge in [0.2, 0.25) is 0 Å². The fourth-order valence-corrected chi connectivity index (χ4v) is 0.798. The van der Waals surface area contributed by atoms with Gasteiger partial charge in [0, 0.05) is 6.04 Å². The van der Waals surface area contributed by atoms with Gasteiger partial charge in [-0.25, -0.2) is 0 Å². The maximum Gasteiger partial charge on any atom is 0.0589 e. The molecule has 0 aliphatic carbocycles. The van der Waals surface area contributed by atoms with Crippen LogP contribution in [0.4, 0.5) is 0 Å². The number of aliphatic hydroxyl groups excluding tert-OH is 1. The van der Waals surface area contributed by atoms with E-state index in [1.165, 1.54) is 0 Å². The first kappa shape index (κ1) is 8.92. The van der Waals surface area contributed by atoms with Crippen molar-refractivity contribution in [2.75, 3.05) is 13.7 Å². The molecular weight excluding hydrogens is 114 g/mol. The largest absolute Gasteiger partial charge is 0.395 e. The van der Waals surface area contributed by atoms with Crippen molar-refractivity contribution in [2.24, 2.45) is 5.41 Å². The average molecular weight is 131 g/mol. The van der Waals surface area contributed by atoms with Crippen LogP contribution in [-0.2, 0) is 0 Å². The van der Waals surface area contributed by atoms with E-state index in [2.05, 4.69) is 26.1 Å². The second-order valence-corrected chi connectivity index (χ2v) is 3.39. The number of aliphatic hydroxyl groups is 1. The van der Waals surface area contributed by atoms with Crippen LogP contribution in [0.25, 0.3) is 0 Å². The average Bonchev–Trinajstić information content (AvgIpc) is 1.65. The van der Waals surface area contributed by atoms with Crippen molar-refractivity contribution in [3.63, 3.8) is 0 Å². The molecule has 2 N–H and O–H groups in total. The van der Waals surface area contributed by atoms with Crippen molar-refractivity contribution in [2.45, 2.75) is 26.8 Å². The summed E-state index contributed by atoms with van der Waals surface area (Å²) in [6.07, 6.45) is 0. The molecule has 0 aromatic carbocycles. The first-order chi connectivity index (χ1) is 4.02. The fraction of sp³-hybridized carbons (Fsp3) is 1.00. The van der Waals surface area contributed by atoms with Gasteiger partial charge in [0.05, 0.1) is 6.61 Å². The summed E-state index contributed by atoms with van der Waals surface area (Å²) >= 11 is 0. The quantitative estimate of drug-likeness (QED) is 0.575. The highest BCUT2D eigenvalue weighted by Gasteiger charge is 2.21. The predicted molar refractivity (Wildman–Crippen MR) is 39.4 cm³/mol. The Morgan fingerprint density at radius 2 is 1.89 bits per heavy atom. The molecule has 1 unspecified atom stereocenters. The zero-order valence-electron chi connectivity index (χ0n) is 6.73. The lowest BCUT2D eigenvalue weighted by Gasteiger charge is -2.28. The van der Waals surface area contributed by atoms with Crippen molar-refractivity contribution in [3.05, 3.63) is 0 Å². The molecule has 0 aromatic rings. The van der Waals surface area contributed by atoms with Gasteiger partial charge < -0.3 is 10.4 Å². The Balaban J connectivity index is 3.79. The van der Waals surface area contributed by atoms with Gasteiger partial charge in [-0.2, -0.15) is 0 Å². The first-order valence-electron chi connectivity index (χ1n) is 3.30. The summed E-state index contributed by atoms with van der Waals surface area (Å²) < 4.78 is 0. The van der Waals surface area contributed by atoms with Gasteiger partial charge in [0.25, 0.3) is 0 Å². The molecule has 0 bridgehead atoms.